The summed E-state index contributed by atoms with van der Waals surface area (Å²) in [7, 11) is 0. The summed E-state index contributed by atoms with van der Waals surface area (Å²) < 4.78 is 0. The van der Waals surface area contributed by atoms with Gasteiger partial charge in [-0.05, 0) is 18.8 Å². The molecule has 0 aromatic heterocycles. The summed E-state index contributed by atoms with van der Waals surface area (Å²) in [5.74, 6) is 0.905. The van der Waals surface area contributed by atoms with Gasteiger partial charge in [0, 0.05) is 12.6 Å². The average Bonchev–Trinajstić information content (AvgIpc) is 2.48. The lowest BCUT2D eigenvalue weighted by Gasteiger charge is -2.19. The summed E-state index contributed by atoms with van der Waals surface area (Å²) in [5, 5.41) is 7.91. The van der Waals surface area contributed by atoms with Crippen LogP contribution in [0.25, 0.3) is 0 Å². The fourth-order valence-electron chi connectivity index (χ4n) is 2.47. The number of rotatable bonds is 1. The highest BCUT2D eigenvalue weighted by Gasteiger charge is 2.25. The molecule has 1 saturated heterocycles. The van der Waals surface area contributed by atoms with E-state index < -0.39 is 0 Å². The molecule has 69 valence electrons. The lowest BCUT2D eigenvalue weighted by atomic mass is 9.92. The molecule has 12 heavy (non-hydrogen) atoms. The van der Waals surface area contributed by atoms with Gasteiger partial charge in [-0.15, -0.1) is 0 Å². The molecule has 1 aliphatic carbocycles. The van der Waals surface area contributed by atoms with E-state index >= 15 is 0 Å². The monoisotopic (exact) mass is 167 g/mol. The van der Waals surface area contributed by atoms with E-state index in [9.17, 15) is 0 Å². The quantitative estimate of drug-likeness (QED) is 0.588. The molecule has 1 radical (unpaired) electrons. The van der Waals surface area contributed by atoms with Gasteiger partial charge in [0.25, 0.3) is 0 Å². The van der Waals surface area contributed by atoms with Gasteiger partial charge >= 0.3 is 0 Å². The van der Waals surface area contributed by atoms with Crippen LogP contribution >= 0.6 is 0 Å². The van der Waals surface area contributed by atoms with Crippen molar-refractivity contribution in [3.05, 3.63) is 0 Å². The maximum absolute atomic E-state index is 4.59. The van der Waals surface area contributed by atoms with E-state index in [1.165, 1.54) is 38.5 Å². The van der Waals surface area contributed by atoms with E-state index in [0.717, 1.165) is 19.1 Å². The van der Waals surface area contributed by atoms with Crippen molar-refractivity contribution < 1.29 is 0 Å². The van der Waals surface area contributed by atoms with E-state index in [0.29, 0.717) is 6.04 Å². The van der Waals surface area contributed by atoms with Crippen LogP contribution in [0.15, 0.2) is 0 Å². The summed E-state index contributed by atoms with van der Waals surface area (Å²) in [6, 6.07) is 0.656. The van der Waals surface area contributed by atoms with Crippen LogP contribution in [0.3, 0.4) is 0 Å². The minimum Gasteiger partial charge on any atom is -0.302 e. The van der Waals surface area contributed by atoms with Crippen molar-refractivity contribution in [3.63, 3.8) is 0 Å². The van der Waals surface area contributed by atoms with Crippen molar-refractivity contribution in [1.29, 1.82) is 0 Å². The molecule has 0 amide bonds. The second-order valence-electron chi connectivity index (χ2n) is 4.11. The zero-order valence-corrected chi connectivity index (χ0v) is 7.76. The van der Waals surface area contributed by atoms with Crippen molar-refractivity contribution in [2.45, 2.75) is 44.6 Å². The Balaban J connectivity index is 1.83. The minimum atomic E-state index is 0.656. The minimum absolute atomic E-state index is 0.656. The molecule has 1 unspecified atom stereocenters. The zero-order valence-electron chi connectivity index (χ0n) is 7.76. The van der Waals surface area contributed by atoms with Crippen molar-refractivity contribution in [3.8, 4) is 0 Å². The summed E-state index contributed by atoms with van der Waals surface area (Å²) in [6.07, 6.45) is 8.65. The van der Waals surface area contributed by atoms with Crippen LogP contribution in [-0.4, -0.2) is 19.3 Å². The smallest absolute Gasteiger partial charge is 0.0628 e. The summed E-state index contributed by atoms with van der Waals surface area (Å²) in [6.45, 7) is 2.05. The molecule has 1 N–H and O–H groups in total. The van der Waals surface area contributed by atoms with Gasteiger partial charge in [-0.25, -0.2) is 5.32 Å². The first-order valence-corrected chi connectivity index (χ1v) is 5.34. The van der Waals surface area contributed by atoms with Crippen LogP contribution in [0, 0.1) is 5.92 Å². The molecule has 0 aromatic rings. The fourth-order valence-corrected chi connectivity index (χ4v) is 2.47. The second kappa shape index (κ2) is 4.24. The Morgan fingerprint density at radius 3 is 2.33 bits per heavy atom. The molecule has 2 rings (SSSR count). The largest absolute Gasteiger partial charge is 0.302 e. The predicted octanol–water partition coefficient (Wildman–Crippen LogP) is 1.49. The Kier molecular flexibility index (Phi) is 3.01. The third-order valence-electron chi connectivity index (χ3n) is 3.24. The number of nitrogens with one attached hydrogen (secondary N) is 1. The first-order valence-electron chi connectivity index (χ1n) is 5.34. The van der Waals surface area contributed by atoms with E-state index in [-0.39, 0.29) is 0 Å². The SMILES string of the molecule is C1CCCC(C2CNC[N]2)CC1. The maximum atomic E-state index is 4.59. The Labute approximate surface area is 75.1 Å². The third-order valence-corrected chi connectivity index (χ3v) is 3.24. The van der Waals surface area contributed by atoms with Crippen molar-refractivity contribution >= 4 is 0 Å². The molecular weight excluding hydrogens is 148 g/mol. The molecule has 1 aliphatic heterocycles. The van der Waals surface area contributed by atoms with Gasteiger partial charge in [-0.1, -0.05) is 25.7 Å². The van der Waals surface area contributed by atoms with Crippen molar-refractivity contribution in [1.82, 2.24) is 10.6 Å². The van der Waals surface area contributed by atoms with Crippen molar-refractivity contribution in [2.24, 2.45) is 5.92 Å². The Morgan fingerprint density at radius 2 is 1.75 bits per heavy atom. The van der Waals surface area contributed by atoms with Crippen LogP contribution in [0.4, 0.5) is 0 Å². The fraction of sp³-hybridized carbons (Fsp3) is 1.00. The molecule has 1 saturated carbocycles. The van der Waals surface area contributed by atoms with Gasteiger partial charge < -0.3 is 5.32 Å². The average molecular weight is 167 g/mol. The standard InChI is InChI=1S/C10H19N2/c1-2-4-6-9(5-3-1)10-7-11-8-12-10/h9-11H,1-8H2. The molecule has 2 aliphatic rings. The van der Waals surface area contributed by atoms with Crippen LogP contribution in [0.1, 0.15) is 38.5 Å². The van der Waals surface area contributed by atoms with Gasteiger partial charge in [-0.3, -0.25) is 0 Å². The van der Waals surface area contributed by atoms with E-state index in [1.54, 1.807) is 0 Å². The van der Waals surface area contributed by atoms with Gasteiger partial charge in [0.2, 0.25) is 0 Å². The third kappa shape index (κ3) is 1.99. The lowest BCUT2D eigenvalue weighted by Crippen LogP contribution is -2.28. The highest BCUT2D eigenvalue weighted by atomic mass is 15.2. The molecule has 2 fully saturated rings. The molecule has 1 heterocycles. The van der Waals surface area contributed by atoms with Gasteiger partial charge in [0.1, 0.15) is 0 Å². The van der Waals surface area contributed by atoms with Crippen LogP contribution < -0.4 is 10.6 Å². The molecule has 2 nitrogen and oxygen atoms in total. The van der Waals surface area contributed by atoms with E-state index in [2.05, 4.69) is 10.6 Å². The normalized spacial score (nSPS) is 33.5. The Hall–Kier alpha value is -0.0800. The summed E-state index contributed by atoms with van der Waals surface area (Å²) in [5.41, 5.74) is 0. The van der Waals surface area contributed by atoms with Gasteiger partial charge in [-0.2, -0.15) is 0 Å². The van der Waals surface area contributed by atoms with Crippen LogP contribution in [0.5, 0.6) is 0 Å². The maximum Gasteiger partial charge on any atom is 0.0628 e. The second-order valence-corrected chi connectivity index (χ2v) is 4.11. The van der Waals surface area contributed by atoms with Crippen LogP contribution in [0.2, 0.25) is 0 Å². The van der Waals surface area contributed by atoms with E-state index in [4.69, 9.17) is 0 Å². The molecule has 0 spiro atoms. The predicted molar refractivity (Wildman–Crippen MR) is 50.0 cm³/mol. The highest BCUT2D eigenvalue weighted by molar-refractivity contribution is 4.83. The Bertz CT molecular complexity index is 122. The van der Waals surface area contributed by atoms with E-state index in [1.807, 2.05) is 0 Å². The van der Waals surface area contributed by atoms with Gasteiger partial charge in [0.05, 0.1) is 6.67 Å². The zero-order chi connectivity index (χ0) is 8.23. The topological polar surface area (TPSA) is 26.1 Å². The summed E-state index contributed by atoms with van der Waals surface area (Å²) >= 11 is 0. The molecule has 0 bridgehead atoms. The highest BCUT2D eigenvalue weighted by Crippen LogP contribution is 2.26. The Morgan fingerprint density at radius 1 is 1.00 bits per heavy atom. The van der Waals surface area contributed by atoms with Gasteiger partial charge in [0.15, 0.2) is 0 Å². The molecule has 0 aromatic carbocycles. The lowest BCUT2D eigenvalue weighted by molar-refractivity contribution is 0.357. The molecular formula is C10H19N2. The first kappa shape index (κ1) is 8.52. The first-order chi connectivity index (χ1) is 5.97. The molecule has 1 atom stereocenters. The number of hydrogen-bond acceptors (Lipinski definition) is 1. The molecule has 2 heteroatoms. The number of hydrogen-bond donors (Lipinski definition) is 1. The summed E-state index contributed by atoms with van der Waals surface area (Å²) in [4.78, 5) is 0. The number of nitrogens with zero attached hydrogens (tertiary/aromatic N) is 1. The van der Waals surface area contributed by atoms with Crippen LogP contribution in [-0.2, 0) is 0 Å². The van der Waals surface area contributed by atoms with Crippen molar-refractivity contribution in [2.75, 3.05) is 13.2 Å².